The first-order valence-electron chi connectivity index (χ1n) is 6.34. The summed E-state index contributed by atoms with van der Waals surface area (Å²) in [4.78, 5) is 17.8. The van der Waals surface area contributed by atoms with E-state index in [0.29, 0.717) is 17.4 Å². The van der Waals surface area contributed by atoms with E-state index in [9.17, 15) is 9.18 Å². The number of pyridine rings is 1. The lowest BCUT2D eigenvalue weighted by Gasteiger charge is -2.19. The normalized spacial score (nSPS) is 10.3. The molecule has 0 aliphatic rings. The van der Waals surface area contributed by atoms with E-state index in [0.717, 1.165) is 11.8 Å². The van der Waals surface area contributed by atoms with Crippen molar-refractivity contribution in [2.24, 2.45) is 0 Å². The summed E-state index contributed by atoms with van der Waals surface area (Å²) in [5.41, 5.74) is 1.09. The minimum absolute atomic E-state index is 0.196. The van der Waals surface area contributed by atoms with E-state index in [-0.39, 0.29) is 11.5 Å². The zero-order valence-electron chi connectivity index (χ0n) is 11.7. The summed E-state index contributed by atoms with van der Waals surface area (Å²) in [7, 11) is 3.28. The Hall–Kier alpha value is -2.14. The van der Waals surface area contributed by atoms with Crippen molar-refractivity contribution < 1.29 is 9.18 Å². The Morgan fingerprint density at radius 3 is 2.86 bits per heavy atom. The number of carbonyl (C=O) groups excluding carboxylic acids is 1. The standard InChI is InChI=1S/C15H15ClFN3O/c1-18-14-13(7-12(17)8-19-14)15(21)20(2)9-10-4-3-5-11(16)6-10/h3-8H,9H2,1-2H3,(H,18,19). The number of nitrogens with zero attached hydrogens (tertiary/aromatic N) is 2. The molecule has 0 radical (unpaired) electrons. The van der Waals surface area contributed by atoms with Crippen molar-refractivity contribution in [1.82, 2.24) is 9.88 Å². The quantitative estimate of drug-likeness (QED) is 0.943. The topological polar surface area (TPSA) is 45.2 Å². The van der Waals surface area contributed by atoms with Crippen molar-refractivity contribution in [3.05, 3.63) is 58.5 Å². The number of hydrogen-bond donors (Lipinski definition) is 1. The van der Waals surface area contributed by atoms with Crippen molar-refractivity contribution in [2.75, 3.05) is 19.4 Å². The Kier molecular flexibility index (Phi) is 4.75. The van der Waals surface area contributed by atoms with Gasteiger partial charge in [-0.15, -0.1) is 0 Å². The van der Waals surface area contributed by atoms with Crippen LogP contribution in [-0.2, 0) is 6.54 Å². The first kappa shape index (κ1) is 15.3. The third kappa shape index (κ3) is 3.70. The number of carbonyl (C=O) groups is 1. The van der Waals surface area contributed by atoms with Gasteiger partial charge < -0.3 is 10.2 Å². The van der Waals surface area contributed by atoms with E-state index in [1.807, 2.05) is 12.1 Å². The number of hydrogen-bond acceptors (Lipinski definition) is 3. The molecule has 0 aliphatic carbocycles. The van der Waals surface area contributed by atoms with E-state index in [1.54, 1.807) is 26.2 Å². The second-order valence-corrected chi connectivity index (χ2v) is 5.03. The highest BCUT2D eigenvalue weighted by atomic mass is 35.5. The summed E-state index contributed by atoms with van der Waals surface area (Å²) < 4.78 is 13.3. The molecule has 0 aliphatic heterocycles. The number of halogens is 2. The summed E-state index contributed by atoms with van der Waals surface area (Å²) in [6.07, 6.45) is 1.07. The minimum Gasteiger partial charge on any atom is -0.372 e. The molecule has 0 unspecified atom stereocenters. The smallest absolute Gasteiger partial charge is 0.257 e. The summed E-state index contributed by atoms with van der Waals surface area (Å²) in [5.74, 6) is -0.515. The number of nitrogens with one attached hydrogen (secondary N) is 1. The molecule has 0 atom stereocenters. The molecule has 0 saturated carbocycles. The second-order valence-electron chi connectivity index (χ2n) is 4.59. The third-order valence-electron chi connectivity index (χ3n) is 2.98. The molecule has 1 N–H and O–H groups in total. The molecule has 2 rings (SSSR count). The van der Waals surface area contributed by atoms with Gasteiger partial charge in [0.2, 0.25) is 0 Å². The average Bonchev–Trinajstić information content (AvgIpc) is 2.46. The SMILES string of the molecule is CNc1ncc(F)cc1C(=O)N(C)Cc1cccc(Cl)c1. The van der Waals surface area contributed by atoms with Crippen LogP contribution in [0.15, 0.2) is 36.5 Å². The second kappa shape index (κ2) is 6.54. The molecule has 0 spiro atoms. The molecule has 1 heterocycles. The number of anilines is 1. The number of amides is 1. The van der Waals surface area contributed by atoms with Crippen molar-refractivity contribution in [1.29, 1.82) is 0 Å². The Labute approximate surface area is 127 Å². The van der Waals surface area contributed by atoms with E-state index in [1.165, 1.54) is 11.0 Å². The fraction of sp³-hybridized carbons (Fsp3) is 0.200. The maximum absolute atomic E-state index is 13.3. The van der Waals surface area contributed by atoms with E-state index in [2.05, 4.69) is 10.3 Å². The van der Waals surface area contributed by atoms with Gasteiger partial charge in [0.1, 0.15) is 11.6 Å². The predicted octanol–water partition coefficient (Wildman–Crippen LogP) is 3.19. The van der Waals surface area contributed by atoms with Crippen LogP contribution in [0.1, 0.15) is 15.9 Å². The highest BCUT2D eigenvalue weighted by Gasteiger charge is 2.17. The van der Waals surface area contributed by atoms with Crippen LogP contribution in [0.5, 0.6) is 0 Å². The van der Waals surface area contributed by atoms with Crippen LogP contribution in [-0.4, -0.2) is 29.9 Å². The van der Waals surface area contributed by atoms with Crippen LogP contribution in [0.3, 0.4) is 0 Å². The van der Waals surface area contributed by atoms with Gasteiger partial charge in [0, 0.05) is 25.7 Å². The largest absolute Gasteiger partial charge is 0.372 e. The van der Waals surface area contributed by atoms with Crippen molar-refractivity contribution in [3.8, 4) is 0 Å². The molecule has 1 amide bonds. The van der Waals surface area contributed by atoms with Gasteiger partial charge in [0.25, 0.3) is 5.91 Å². The molecule has 6 heteroatoms. The van der Waals surface area contributed by atoms with Gasteiger partial charge in [0.15, 0.2) is 0 Å². The highest BCUT2D eigenvalue weighted by molar-refractivity contribution is 6.30. The molecule has 1 aromatic heterocycles. The van der Waals surface area contributed by atoms with Gasteiger partial charge in [-0.05, 0) is 23.8 Å². The number of aromatic nitrogens is 1. The molecule has 0 bridgehead atoms. The third-order valence-corrected chi connectivity index (χ3v) is 3.21. The van der Waals surface area contributed by atoms with Crippen molar-refractivity contribution >= 4 is 23.3 Å². The summed E-state index contributed by atoms with van der Waals surface area (Å²) in [6.45, 7) is 0.374. The van der Waals surface area contributed by atoms with Crippen LogP contribution in [0.2, 0.25) is 5.02 Å². The van der Waals surface area contributed by atoms with Gasteiger partial charge in [0.05, 0.1) is 11.8 Å². The lowest BCUT2D eigenvalue weighted by molar-refractivity contribution is 0.0785. The van der Waals surface area contributed by atoms with Gasteiger partial charge in [-0.1, -0.05) is 23.7 Å². The number of rotatable bonds is 4. The zero-order chi connectivity index (χ0) is 15.4. The van der Waals surface area contributed by atoms with Gasteiger partial charge in [-0.3, -0.25) is 4.79 Å². The Morgan fingerprint density at radius 1 is 1.43 bits per heavy atom. The summed E-state index contributed by atoms with van der Waals surface area (Å²) in [6, 6.07) is 8.42. The van der Waals surface area contributed by atoms with Crippen LogP contribution in [0, 0.1) is 5.82 Å². The molecule has 4 nitrogen and oxygen atoms in total. The monoisotopic (exact) mass is 307 g/mol. The molecule has 110 valence electrons. The van der Waals surface area contributed by atoms with Gasteiger partial charge in [-0.2, -0.15) is 0 Å². The molecule has 21 heavy (non-hydrogen) atoms. The van der Waals surface area contributed by atoms with E-state index < -0.39 is 5.82 Å². The van der Waals surface area contributed by atoms with Gasteiger partial charge >= 0.3 is 0 Å². The van der Waals surface area contributed by atoms with Crippen molar-refractivity contribution in [3.63, 3.8) is 0 Å². The minimum atomic E-state index is -0.548. The fourth-order valence-electron chi connectivity index (χ4n) is 1.99. The van der Waals surface area contributed by atoms with Crippen molar-refractivity contribution in [2.45, 2.75) is 6.54 Å². The van der Waals surface area contributed by atoms with E-state index in [4.69, 9.17) is 11.6 Å². The maximum Gasteiger partial charge on any atom is 0.257 e. The summed E-state index contributed by atoms with van der Waals surface area (Å²) in [5, 5.41) is 3.39. The van der Waals surface area contributed by atoms with Gasteiger partial charge in [-0.25, -0.2) is 9.37 Å². The molecule has 1 aromatic carbocycles. The summed E-state index contributed by atoms with van der Waals surface area (Å²) >= 11 is 5.92. The fourth-order valence-corrected chi connectivity index (χ4v) is 2.20. The Bertz CT molecular complexity index is 663. The van der Waals surface area contributed by atoms with Crippen LogP contribution in [0.4, 0.5) is 10.2 Å². The Morgan fingerprint density at radius 2 is 2.19 bits per heavy atom. The first-order valence-corrected chi connectivity index (χ1v) is 6.72. The lowest BCUT2D eigenvalue weighted by atomic mass is 10.2. The highest BCUT2D eigenvalue weighted by Crippen LogP contribution is 2.17. The first-order chi connectivity index (χ1) is 10.0. The number of benzene rings is 1. The molecular formula is C15H15ClFN3O. The molecule has 0 fully saturated rings. The molecule has 2 aromatic rings. The van der Waals surface area contributed by atoms with E-state index >= 15 is 0 Å². The molecular weight excluding hydrogens is 293 g/mol. The average molecular weight is 308 g/mol. The van der Waals surface area contributed by atoms with Crippen LogP contribution < -0.4 is 5.32 Å². The zero-order valence-corrected chi connectivity index (χ0v) is 12.5. The molecule has 0 saturated heterocycles. The predicted molar refractivity (Wildman–Crippen MR) is 81.0 cm³/mol. The Balaban J connectivity index is 2.21. The maximum atomic E-state index is 13.3. The van der Waals surface area contributed by atoms with Crippen LogP contribution >= 0.6 is 11.6 Å². The lowest BCUT2D eigenvalue weighted by Crippen LogP contribution is -2.27. The van der Waals surface area contributed by atoms with Crippen LogP contribution in [0.25, 0.3) is 0 Å².